The molecular formula is C23H19Br2N3O6. The fourth-order valence-corrected chi connectivity index (χ4v) is 4.19. The number of hydrogen-bond donors (Lipinski definition) is 1. The molecule has 0 aliphatic heterocycles. The Morgan fingerprint density at radius 1 is 0.971 bits per heavy atom. The lowest BCUT2D eigenvalue weighted by molar-refractivity contribution is 0.0732. The molecule has 1 aromatic heterocycles. The Labute approximate surface area is 212 Å². The number of methoxy groups -OCH3 is 3. The second-order valence-corrected chi connectivity index (χ2v) is 8.29. The van der Waals surface area contributed by atoms with E-state index in [1.807, 2.05) is 0 Å². The van der Waals surface area contributed by atoms with E-state index in [1.54, 1.807) is 30.3 Å². The van der Waals surface area contributed by atoms with Gasteiger partial charge in [0.15, 0.2) is 17.2 Å². The van der Waals surface area contributed by atoms with E-state index in [2.05, 4.69) is 47.4 Å². The zero-order valence-electron chi connectivity index (χ0n) is 18.3. The van der Waals surface area contributed by atoms with Crippen molar-refractivity contribution < 1.29 is 28.5 Å². The molecule has 11 heteroatoms. The van der Waals surface area contributed by atoms with E-state index in [1.165, 1.54) is 45.9 Å². The Kier molecular flexibility index (Phi) is 8.61. The first-order valence-electron chi connectivity index (χ1n) is 9.63. The number of halogens is 2. The van der Waals surface area contributed by atoms with Crippen LogP contribution in [0.25, 0.3) is 0 Å². The summed E-state index contributed by atoms with van der Waals surface area (Å²) in [5.41, 5.74) is 3.20. The Morgan fingerprint density at radius 3 is 2.26 bits per heavy atom. The van der Waals surface area contributed by atoms with Gasteiger partial charge in [-0.3, -0.25) is 9.78 Å². The number of carbonyl (C=O) groups excluding carboxylic acids is 2. The van der Waals surface area contributed by atoms with Gasteiger partial charge in [0.05, 0.1) is 37.6 Å². The minimum atomic E-state index is -0.672. The van der Waals surface area contributed by atoms with Gasteiger partial charge in [0, 0.05) is 16.2 Å². The Balaban J connectivity index is 1.88. The molecule has 1 heterocycles. The molecule has 3 aromatic rings. The molecule has 0 saturated heterocycles. The van der Waals surface area contributed by atoms with Crippen LogP contribution in [0.15, 0.2) is 62.7 Å². The van der Waals surface area contributed by atoms with Crippen molar-refractivity contribution in [2.24, 2.45) is 5.10 Å². The van der Waals surface area contributed by atoms with Crippen LogP contribution < -0.4 is 24.4 Å². The summed E-state index contributed by atoms with van der Waals surface area (Å²) < 4.78 is 22.7. The van der Waals surface area contributed by atoms with Crippen LogP contribution in [-0.2, 0) is 0 Å². The highest BCUT2D eigenvalue weighted by Crippen LogP contribution is 2.39. The van der Waals surface area contributed by atoms with Crippen LogP contribution in [0.3, 0.4) is 0 Å². The highest BCUT2D eigenvalue weighted by molar-refractivity contribution is 9.11. The van der Waals surface area contributed by atoms with Crippen molar-refractivity contribution in [1.82, 2.24) is 10.4 Å². The second-order valence-electron chi connectivity index (χ2n) is 6.52. The van der Waals surface area contributed by atoms with Crippen LogP contribution in [0.4, 0.5) is 0 Å². The number of nitrogens with zero attached hydrogens (tertiary/aromatic N) is 2. The van der Waals surface area contributed by atoms with Crippen LogP contribution in [-0.4, -0.2) is 44.4 Å². The van der Waals surface area contributed by atoms with Gasteiger partial charge in [-0.15, -0.1) is 0 Å². The van der Waals surface area contributed by atoms with Crippen molar-refractivity contribution in [3.05, 3.63) is 74.4 Å². The summed E-state index contributed by atoms with van der Waals surface area (Å²) in [4.78, 5) is 29.1. The van der Waals surface area contributed by atoms with Crippen molar-refractivity contribution >= 4 is 50.0 Å². The number of carbonyl (C=O) groups is 2. The molecule has 1 N–H and O–H groups in total. The quantitative estimate of drug-likeness (QED) is 0.176. The SMILES string of the molecule is COc1cc(C(=O)Oc2c(Br)cc(Br)cc2/C=N\NC(=O)c2ccccn2)cc(OC)c1OC. The van der Waals surface area contributed by atoms with E-state index in [9.17, 15) is 9.59 Å². The maximum atomic E-state index is 13.0. The lowest BCUT2D eigenvalue weighted by Crippen LogP contribution is -2.19. The summed E-state index contributed by atoms with van der Waals surface area (Å²) in [5, 5.41) is 3.96. The molecule has 0 saturated carbocycles. The average Bonchev–Trinajstić information content (AvgIpc) is 2.85. The Morgan fingerprint density at radius 2 is 1.68 bits per heavy atom. The number of pyridine rings is 1. The molecule has 0 atom stereocenters. The van der Waals surface area contributed by atoms with Crippen LogP contribution >= 0.6 is 31.9 Å². The van der Waals surface area contributed by atoms with Crippen molar-refractivity contribution in [1.29, 1.82) is 0 Å². The van der Waals surface area contributed by atoms with Crippen molar-refractivity contribution in [2.45, 2.75) is 0 Å². The number of rotatable bonds is 8. The average molecular weight is 593 g/mol. The topological polar surface area (TPSA) is 108 Å². The molecule has 176 valence electrons. The Bertz CT molecular complexity index is 1210. The molecule has 1 amide bonds. The van der Waals surface area contributed by atoms with Gasteiger partial charge in [0.1, 0.15) is 5.69 Å². The molecular weight excluding hydrogens is 574 g/mol. The first kappa shape index (κ1) is 25.2. The summed E-state index contributed by atoms with van der Waals surface area (Å²) in [6, 6.07) is 11.3. The molecule has 9 nitrogen and oxygen atoms in total. The summed E-state index contributed by atoms with van der Waals surface area (Å²) in [5.74, 6) is 0.00217. The largest absolute Gasteiger partial charge is 0.493 e. The van der Waals surface area contributed by atoms with Crippen LogP contribution in [0, 0.1) is 0 Å². The van der Waals surface area contributed by atoms with E-state index in [0.29, 0.717) is 31.8 Å². The minimum absolute atomic E-state index is 0.177. The molecule has 2 aromatic carbocycles. The van der Waals surface area contributed by atoms with E-state index in [0.717, 1.165) is 0 Å². The molecule has 0 aliphatic carbocycles. The summed E-state index contributed by atoms with van der Waals surface area (Å²) in [6.07, 6.45) is 2.86. The van der Waals surface area contributed by atoms with Crippen molar-refractivity contribution in [2.75, 3.05) is 21.3 Å². The minimum Gasteiger partial charge on any atom is -0.493 e. The molecule has 0 aliphatic rings. The van der Waals surface area contributed by atoms with Gasteiger partial charge < -0.3 is 18.9 Å². The molecule has 34 heavy (non-hydrogen) atoms. The van der Waals surface area contributed by atoms with Crippen molar-refractivity contribution in [3.63, 3.8) is 0 Å². The lowest BCUT2D eigenvalue weighted by Gasteiger charge is -2.15. The normalized spacial score (nSPS) is 10.6. The number of hydrogen-bond acceptors (Lipinski definition) is 8. The zero-order chi connectivity index (χ0) is 24.7. The van der Waals surface area contributed by atoms with Gasteiger partial charge >= 0.3 is 5.97 Å². The number of hydrazone groups is 1. The molecule has 0 unspecified atom stereocenters. The van der Waals surface area contributed by atoms with E-state index >= 15 is 0 Å². The zero-order valence-corrected chi connectivity index (χ0v) is 21.5. The fraction of sp³-hybridized carbons (Fsp3) is 0.130. The van der Waals surface area contributed by atoms with Crippen LogP contribution in [0.5, 0.6) is 23.0 Å². The first-order valence-corrected chi connectivity index (χ1v) is 11.2. The molecule has 3 rings (SSSR count). The summed E-state index contributed by atoms with van der Waals surface area (Å²) in [7, 11) is 4.37. The fourth-order valence-electron chi connectivity index (χ4n) is 2.85. The molecule has 0 fully saturated rings. The van der Waals surface area contributed by atoms with Gasteiger partial charge in [-0.25, -0.2) is 10.2 Å². The number of esters is 1. The highest BCUT2D eigenvalue weighted by atomic mass is 79.9. The summed E-state index contributed by atoms with van der Waals surface area (Å²) in [6.45, 7) is 0. The highest BCUT2D eigenvalue weighted by Gasteiger charge is 2.20. The number of aromatic nitrogens is 1. The Hall–Kier alpha value is -3.44. The molecule has 0 bridgehead atoms. The number of ether oxygens (including phenoxy) is 4. The summed E-state index contributed by atoms with van der Waals surface area (Å²) >= 11 is 6.79. The number of nitrogens with one attached hydrogen (secondary N) is 1. The van der Waals surface area contributed by atoms with Gasteiger partial charge in [-0.05, 0) is 52.3 Å². The van der Waals surface area contributed by atoms with E-state index in [-0.39, 0.29) is 17.0 Å². The second kappa shape index (κ2) is 11.6. The molecule has 0 radical (unpaired) electrons. The van der Waals surface area contributed by atoms with Gasteiger partial charge in [0.2, 0.25) is 5.75 Å². The van der Waals surface area contributed by atoms with Gasteiger partial charge in [0.25, 0.3) is 5.91 Å². The first-order chi connectivity index (χ1) is 16.4. The van der Waals surface area contributed by atoms with Crippen LogP contribution in [0.2, 0.25) is 0 Å². The van der Waals surface area contributed by atoms with Crippen LogP contribution in [0.1, 0.15) is 26.4 Å². The maximum absolute atomic E-state index is 13.0. The standard InChI is InChI=1S/C23H19Br2N3O6/c1-31-18-9-13(10-19(32-2)21(18)33-3)23(30)34-20-14(8-15(24)11-16(20)25)12-27-28-22(29)17-6-4-5-7-26-17/h4-12H,1-3H3,(H,28,29)/b27-12-. The number of amides is 1. The monoisotopic (exact) mass is 591 g/mol. The third kappa shape index (κ3) is 5.91. The molecule has 0 spiro atoms. The van der Waals surface area contributed by atoms with Gasteiger partial charge in [-0.2, -0.15) is 5.10 Å². The van der Waals surface area contributed by atoms with Crippen molar-refractivity contribution in [3.8, 4) is 23.0 Å². The predicted molar refractivity (Wildman–Crippen MR) is 132 cm³/mol. The lowest BCUT2D eigenvalue weighted by atomic mass is 10.1. The van der Waals surface area contributed by atoms with E-state index < -0.39 is 11.9 Å². The maximum Gasteiger partial charge on any atom is 0.343 e. The van der Waals surface area contributed by atoms with Gasteiger partial charge in [-0.1, -0.05) is 22.0 Å². The third-order valence-electron chi connectivity index (χ3n) is 4.40. The van der Waals surface area contributed by atoms with E-state index in [4.69, 9.17) is 18.9 Å². The smallest absolute Gasteiger partial charge is 0.343 e. The number of benzene rings is 2. The predicted octanol–water partition coefficient (Wildman–Crippen LogP) is 4.62. The third-order valence-corrected chi connectivity index (χ3v) is 5.45.